The Morgan fingerprint density at radius 1 is 0.909 bits per heavy atom. The average molecular weight is 482 g/mol. The van der Waals surface area contributed by atoms with Gasteiger partial charge < -0.3 is 15.5 Å². The van der Waals surface area contributed by atoms with Crippen molar-refractivity contribution in [1.82, 2.24) is 9.21 Å². The minimum atomic E-state index is -3.56. The Morgan fingerprint density at radius 3 is 1.88 bits per heavy atom. The minimum Gasteiger partial charge on any atom is -0.473 e. The molecule has 0 atom stereocenters. The number of hydrogen-bond donors (Lipinski definition) is 3. The van der Waals surface area contributed by atoms with Crippen LogP contribution >= 0.6 is 0 Å². The maximum atomic E-state index is 13.0. The van der Waals surface area contributed by atoms with Crippen molar-refractivity contribution in [2.75, 3.05) is 31.5 Å². The monoisotopic (exact) mass is 481 g/mol. The van der Waals surface area contributed by atoms with E-state index in [-0.39, 0.29) is 16.6 Å². The highest BCUT2D eigenvalue weighted by Gasteiger charge is 2.28. The lowest BCUT2D eigenvalue weighted by atomic mass is 10.2. The fraction of sp³-hybridized carbons (Fsp3) is 0.286. The van der Waals surface area contributed by atoms with Crippen LogP contribution in [0.4, 0.5) is 10.1 Å². The van der Waals surface area contributed by atoms with Crippen LogP contribution in [0.2, 0.25) is 0 Å². The summed E-state index contributed by atoms with van der Waals surface area (Å²) >= 11 is 0. The second-order valence-electron chi connectivity index (χ2n) is 7.12. The lowest BCUT2D eigenvalue weighted by Crippen LogP contribution is -2.48. The number of rotatable bonds is 5. The molecule has 178 valence electrons. The van der Waals surface area contributed by atoms with E-state index in [0.717, 1.165) is 5.56 Å². The van der Waals surface area contributed by atoms with E-state index in [9.17, 15) is 17.6 Å². The molecule has 1 heterocycles. The van der Waals surface area contributed by atoms with E-state index >= 15 is 0 Å². The number of halogens is 1. The standard InChI is InChI=1S/C19H22FN3O3S.C2H2O4/c1-15(24)21-18-6-8-19(9-7-18)27(25,26)23-12-10-22(11-13-23)14-16-2-4-17(20)5-3-16;3-1(4)2(5)6/h2-9H,10-14H2,1H3,(H,21,24);(H,3,4)(H,5,6). The molecule has 0 bridgehead atoms. The molecule has 1 aliphatic heterocycles. The number of carbonyl (C=O) groups excluding carboxylic acids is 1. The summed E-state index contributed by atoms with van der Waals surface area (Å²) in [5, 5.41) is 17.4. The fourth-order valence-electron chi connectivity index (χ4n) is 3.04. The third-order valence-corrected chi connectivity index (χ3v) is 6.56. The van der Waals surface area contributed by atoms with Crippen LogP contribution in [0, 0.1) is 5.82 Å². The van der Waals surface area contributed by atoms with Crippen LogP contribution in [0.25, 0.3) is 0 Å². The van der Waals surface area contributed by atoms with Crippen molar-refractivity contribution in [2.45, 2.75) is 18.4 Å². The van der Waals surface area contributed by atoms with Gasteiger partial charge in [0.15, 0.2) is 0 Å². The van der Waals surface area contributed by atoms with Crippen LogP contribution in [0.3, 0.4) is 0 Å². The molecule has 0 saturated carbocycles. The van der Waals surface area contributed by atoms with Crippen LogP contribution in [-0.4, -0.2) is 71.9 Å². The molecule has 33 heavy (non-hydrogen) atoms. The predicted octanol–water partition coefficient (Wildman–Crippen LogP) is 1.45. The number of amides is 1. The summed E-state index contributed by atoms with van der Waals surface area (Å²) in [6, 6.07) is 12.5. The Bertz CT molecular complexity index is 1070. The van der Waals surface area contributed by atoms with Crippen LogP contribution in [-0.2, 0) is 31.0 Å². The molecule has 1 fully saturated rings. The number of nitrogens with zero attached hydrogens (tertiary/aromatic N) is 2. The molecule has 1 amide bonds. The van der Waals surface area contributed by atoms with Gasteiger partial charge in [-0.15, -0.1) is 0 Å². The number of sulfonamides is 1. The Hall–Kier alpha value is -3.35. The molecule has 12 heteroatoms. The topological polar surface area (TPSA) is 144 Å². The summed E-state index contributed by atoms with van der Waals surface area (Å²) in [4.78, 5) is 31.6. The summed E-state index contributed by atoms with van der Waals surface area (Å²) in [6.45, 7) is 4.09. The Labute approximate surface area is 190 Å². The van der Waals surface area contributed by atoms with Gasteiger partial charge >= 0.3 is 11.9 Å². The van der Waals surface area contributed by atoms with Crippen molar-refractivity contribution < 1.29 is 37.4 Å². The normalized spacial score (nSPS) is 14.6. The quantitative estimate of drug-likeness (QED) is 0.544. The number of nitrogens with one attached hydrogen (secondary N) is 1. The van der Waals surface area contributed by atoms with Gasteiger partial charge in [-0.1, -0.05) is 12.1 Å². The highest BCUT2D eigenvalue weighted by Crippen LogP contribution is 2.20. The Morgan fingerprint density at radius 2 is 1.42 bits per heavy atom. The zero-order valence-electron chi connectivity index (χ0n) is 17.8. The van der Waals surface area contributed by atoms with Crippen molar-refractivity contribution in [2.24, 2.45) is 0 Å². The summed E-state index contributed by atoms with van der Waals surface area (Å²) in [5.74, 6) is -4.12. The minimum absolute atomic E-state index is 0.206. The van der Waals surface area contributed by atoms with Gasteiger partial charge in [-0.2, -0.15) is 4.31 Å². The second-order valence-corrected chi connectivity index (χ2v) is 9.06. The lowest BCUT2D eigenvalue weighted by molar-refractivity contribution is -0.159. The number of benzene rings is 2. The van der Waals surface area contributed by atoms with Gasteiger partial charge in [-0.3, -0.25) is 9.69 Å². The number of carboxylic acids is 2. The second kappa shape index (κ2) is 11.5. The molecular formula is C21H24FN3O7S. The van der Waals surface area contributed by atoms with E-state index in [1.54, 1.807) is 24.3 Å². The van der Waals surface area contributed by atoms with Gasteiger partial charge in [-0.25, -0.2) is 22.4 Å². The third-order valence-electron chi connectivity index (χ3n) is 4.65. The number of piperazine rings is 1. The fourth-order valence-corrected chi connectivity index (χ4v) is 4.46. The predicted molar refractivity (Wildman–Crippen MR) is 116 cm³/mol. The maximum absolute atomic E-state index is 13.0. The van der Waals surface area contributed by atoms with Gasteiger partial charge in [0, 0.05) is 45.3 Å². The molecule has 1 saturated heterocycles. The molecule has 0 radical (unpaired) electrons. The Balaban J connectivity index is 0.000000569. The molecule has 0 aliphatic carbocycles. The molecule has 1 aliphatic rings. The van der Waals surface area contributed by atoms with Gasteiger partial charge in [-0.05, 0) is 42.0 Å². The number of anilines is 1. The smallest absolute Gasteiger partial charge is 0.414 e. The van der Waals surface area contributed by atoms with E-state index in [4.69, 9.17) is 19.8 Å². The molecule has 2 aromatic rings. The summed E-state index contributed by atoms with van der Waals surface area (Å²) < 4.78 is 40.1. The molecule has 10 nitrogen and oxygen atoms in total. The van der Waals surface area contributed by atoms with Gasteiger partial charge in [0.05, 0.1) is 4.90 Å². The van der Waals surface area contributed by atoms with Crippen molar-refractivity contribution in [1.29, 1.82) is 0 Å². The van der Waals surface area contributed by atoms with E-state index in [0.29, 0.717) is 38.4 Å². The third kappa shape index (κ3) is 7.93. The van der Waals surface area contributed by atoms with Crippen molar-refractivity contribution in [3.8, 4) is 0 Å². The summed E-state index contributed by atoms with van der Waals surface area (Å²) in [6.07, 6.45) is 0. The molecule has 3 rings (SSSR count). The summed E-state index contributed by atoms with van der Waals surface area (Å²) in [7, 11) is -3.56. The molecule has 2 aromatic carbocycles. The van der Waals surface area contributed by atoms with Crippen LogP contribution in [0.1, 0.15) is 12.5 Å². The average Bonchev–Trinajstić information content (AvgIpc) is 2.76. The zero-order chi connectivity index (χ0) is 24.6. The molecule has 0 aromatic heterocycles. The maximum Gasteiger partial charge on any atom is 0.414 e. The number of aliphatic carboxylic acids is 2. The molecule has 0 unspecified atom stereocenters. The lowest BCUT2D eigenvalue weighted by Gasteiger charge is -2.34. The summed E-state index contributed by atoms with van der Waals surface area (Å²) in [5.41, 5.74) is 1.56. The SMILES string of the molecule is CC(=O)Nc1ccc(S(=O)(=O)N2CCN(Cc3ccc(F)cc3)CC2)cc1.O=C(O)C(=O)O. The zero-order valence-corrected chi connectivity index (χ0v) is 18.6. The first-order valence-electron chi connectivity index (χ1n) is 9.80. The van der Waals surface area contributed by atoms with Crippen molar-refractivity contribution in [3.63, 3.8) is 0 Å². The highest BCUT2D eigenvalue weighted by atomic mass is 32.2. The molecule has 0 spiro atoms. The first-order chi connectivity index (χ1) is 15.5. The Kier molecular flexibility index (Phi) is 9.02. The van der Waals surface area contributed by atoms with E-state index in [1.165, 1.54) is 35.5 Å². The largest absolute Gasteiger partial charge is 0.473 e. The van der Waals surface area contributed by atoms with E-state index < -0.39 is 22.0 Å². The van der Waals surface area contributed by atoms with Crippen molar-refractivity contribution >= 4 is 33.6 Å². The molecular weight excluding hydrogens is 457 g/mol. The van der Waals surface area contributed by atoms with E-state index in [2.05, 4.69) is 10.2 Å². The highest BCUT2D eigenvalue weighted by molar-refractivity contribution is 7.89. The van der Waals surface area contributed by atoms with Crippen LogP contribution in [0.15, 0.2) is 53.4 Å². The van der Waals surface area contributed by atoms with Gasteiger partial charge in [0.2, 0.25) is 15.9 Å². The van der Waals surface area contributed by atoms with Crippen LogP contribution in [0.5, 0.6) is 0 Å². The number of hydrogen-bond acceptors (Lipinski definition) is 6. The van der Waals surface area contributed by atoms with Crippen LogP contribution < -0.4 is 5.32 Å². The van der Waals surface area contributed by atoms with E-state index in [1.807, 2.05) is 0 Å². The first-order valence-corrected chi connectivity index (χ1v) is 11.2. The van der Waals surface area contributed by atoms with Gasteiger partial charge in [0.1, 0.15) is 5.82 Å². The van der Waals surface area contributed by atoms with Gasteiger partial charge in [0.25, 0.3) is 0 Å². The first kappa shape index (κ1) is 25.9. The molecule has 3 N–H and O–H groups in total. The number of carbonyl (C=O) groups is 3. The number of carboxylic acid groups (broad SMARTS) is 2. The van der Waals surface area contributed by atoms with Crippen molar-refractivity contribution in [3.05, 3.63) is 59.9 Å².